The Labute approximate surface area is 119 Å². The number of hydrogen-bond acceptors (Lipinski definition) is 6. The van der Waals surface area contributed by atoms with E-state index in [1.54, 1.807) is 5.09 Å². The predicted molar refractivity (Wildman–Crippen MR) is 67.4 cm³/mol. The summed E-state index contributed by atoms with van der Waals surface area (Å²) >= 11 is 0. The van der Waals surface area contributed by atoms with Crippen molar-refractivity contribution in [2.75, 3.05) is 6.61 Å². The molecule has 0 aliphatic rings. The normalized spacial score (nSPS) is 16.7. The minimum absolute atomic E-state index is 0.256. The third kappa shape index (κ3) is 9.10. The average molecular weight is 328 g/mol. The van der Waals surface area contributed by atoms with Gasteiger partial charge in [-0.3, -0.25) is 18.9 Å². The SMILES string of the molecule is N[C@@H](CCOP(=O)(O)N[C@@H](CCC(=O)O)C(=O)O)C(=O)O. The summed E-state index contributed by atoms with van der Waals surface area (Å²) in [5.41, 5.74) is 5.15. The molecule has 0 fully saturated rings. The molecule has 0 radical (unpaired) electrons. The lowest BCUT2D eigenvalue weighted by molar-refractivity contribution is -0.141. The molecule has 0 bridgehead atoms. The number of carbonyl (C=O) groups is 3. The van der Waals surface area contributed by atoms with Crippen molar-refractivity contribution in [1.29, 1.82) is 0 Å². The lowest BCUT2D eigenvalue weighted by Crippen LogP contribution is -2.36. The number of rotatable bonds is 11. The van der Waals surface area contributed by atoms with E-state index in [1.807, 2.05) is 0 Å². The van der Waals surface area contributed by atoms with Crippen LogP contribution >= 0.6 is 7.75 Å². The van der Waals surface area contributed by atoms with Gasteiger partial charge in [-0.05, 0) is 12.8 Å². The van der Waals surface area contributed by atoms with E-state index in [1.165, 1.54) is 0 Å². The highest BCUT2D eigenvalue weighted by Crippen LogP contribution is 2.38. The largest absolute Gasteiger partial charge is 0.481 e. The van der Waals surface area contributed by atoms with Crippen LogP contribution in [0, 0.1) is 0 Å². The Morgan fingerprint density at radius 1 is 1.14 bits per heavy atom. The Morgan fingerprint density at radius 2 is 1.71 bits per heavy atom. The Bertz CT molecular complexity index is 441. The summed E-state index contributed by atoms with van der Waals surface area (Å²) in [7, 11) is -4.52. The number of aliphatic carboxylic acids is 3. The van der Waals surface area contributed by atoms with Crippen LogP contribution < -0.4 is 10.8 Å². The van der Waals surface area contributed by atoms with E-state index in [4.69, 9.17) is 21.1 Å². The summed E-state index contributed by atoms with van der Waals surface area (Å²) in [5.74, 6) is -4.09. The molecule has 0 saturated carbocycles. The first-order valence-corrected chi connectivity index (χ1v) is 7.31. The quantitative estimate of drug-likeness (QED) is 0.249. The van der Waals surface area contributed by atoms with Crippen LogP contribution in [-0.2, 0) is 23.5 Å². The van der Waals surface area contributed by atoms with Gasteiger partial charge in [0.05, 0.1) is 6.61 Å². The lowest BCUT2D eigenvalue weighted by atomic mass is 10.2. The highest BCUT2D eigenvalue weighted by Gasteiger charge is 2.29. The van der Waals surface area contributed by atoms with Gasteiger partial charge in [0.2, 0.25) is 0 Å². The molecule has 3 atom stereocenters. The smallest absolute Gasteiger partial charge is 0.403 e. The molecule has 0 spiro atoms. The number of carboxylic acids is 3. The van der Waals surface area contributed by atoms with Crippen molar-refractivity contribution in [2.24, 2.45) is 5.73 Å². The van der Waals surface area contributed by atoms with Crippen molar-refractivity contribution in [3.63, 3.8) is 0 Å². The Hall–Kier alpha value is -1.52. The third-order valence-corrected chi connectivity index (χ3v) is 3.45. The van der Waals surface area contributed by atoms with E-state index >= 15 is 0 Å². The molecule has 7 N–H and O–H groups in total. The Morgan fingerprint density at radius 3 is 2.14 bits per heavy atom. The van der Waals surface area contributed by atoms with Gasteiger partial charge in [0.1, 0.15) is 12.1 Å². The van der Waals surface area contributed by atoms with Crippen LogP contribution in [-0.4, -0.2) is 56.8 Å². The lowest BCUT2D eigenvalue weighted by Gasteiger charge is -2.18. The van der Waals surface area contributed by atoms with Gasteiger partial charge in [-0.1, -0.05) is 0 Å². The summed E-state index contributed by atoms with van der Waals surface area (Å²) < 4.78 is 16.0. The second kappa shape index (κ2) is 8.70. The summed E-state index contributed by atoms with van der Waals surface area (Å²) in [6.07, 6.45) is -1.20. The fourth-order valence-electron chi connectivity index (χ4n) is 1.17. The van der Waals surface area contributed by atoms with Crippen LogP contribution in [0.3, 0.4) is 0 Å². The van der Waals surface area contributed by atoms with Gasteiger partial charge in [-0.25, -0.2) is 9.65 Å². The topological polar surface area (TPSA) is 196 Å². The van der Waals surface area contributed by atoms with Gasteiger partial charge in [0.25, 0.3) is 0 Å². The maximum Gasteiger partial charge on any atom is 0.403 e. The summed E-state index contributed by atoms with van der Waals surface area (Å²) in [6, 6.07) is -2.88. The maximum atomic E-state index is 11.5. The van der Waals surface area contributed by atoms with Gasteiger partial charge in [0, 0.05) is 6.42 Å². The van der Waals surface area contributed by atoms with E-state index in [-0.39, 0.29) is 6.42 Å². The maximum absolute atomic E-state index is 11.5. The summed E-state index contributed by atoms with van der Waals surface area (Å²) in [6.45, 7) is -0.487. The first-order valence-electron chi connectivity index (χ1n) is 5.73. The zero-order valence-corrected chi connectivity index (χ0v) is 11.7. The number of hydrogen-bond donors (Lipinski definition) is 6. The van der Waals surface area contributed by atoms with Gasteiger partial charge in [0.15, 0.2) is 0 Å². The fourth-order valence-corrected chi connectivity index (χ4v) is 2.23. The molecule has 12 heteroatoms. The highest BCUT2D eigenvalue weighted by atomic mass is 31.2. The Balaban J connectivity index is 4.40. The molecule has 0 aliphatic heterocycles. The molecule has 1 unspecified atom stereocenters. The predicted octanol–water partition coefficient (Wildman–Crippen LogP) is -1.19. The second-order valence-electron chi connectivity index (χ2n) is 4.04. The van der Waals surface area contributed by atoms with Crippen molar-refractivity contribution >= 4 is 25.7 Å². The van der Waals surface area contributed by atoms with Crippen LogP contribution in [0.1, 0.15) is 19.3 Å². The molecule has 0 aromatic rings. The highest BCUT2D eigenvalue weighted by molar-refractivity contribution is 7.50. The van der Waals surface area contributed by atoms with Gasteiger partial charge in [-0.15, -0.1) is 0 Å². The number of nitrogens with one attached hydrogen (secondary N) is 1. The van der Waals surface area contributed by atoms with Crippen molar-refractivity contribution < 1.29 is 43.7 Å². The number of carboxylic acid groups (broad SMARTS) is 3. The van der Waals surface area contributed by atoms with E-state index < -0.39 is 57.2 Å². The van der Waals surface area contributed by atoms with Gasteiger partial charge >= 0.3 is 25.7 Å². The van der Waals surface area contributed by atoms with E-state index in [0.29, 0.717) is 0 Å². The molecule has 0 aromatic heterocycles. The van der Waals surface area contributed by atoms with Crippen LogP contribution in [0.25, 0.3) is 0 Å². The van der Waals surface area contributed by atoms with Crippen LogP contribution in [0.5, 0.6) is 0 Å². The molecule has 0 saturated heterocycles. The van der Waals surface area contributed by atoms with Gasteiger partial charge < -0.3 is 25.9 Å². The van der Waals surface area contributed by atoms with E-state index in [9.17, 15) is 23.8 Å². The minimum atomic E-state index is -4.52. The zero-order chi connectivity index (χ0) is 16.6. The zero-order valence-electron chi connectivity index (χ0n) is 10.8. The molecule has 21 heavy (non-hydrogen) atoms. The molecular formula is C9H17N2O9P. The van der Waals surface area contributed by atoms with E-state index in [0.717, 1.165) is 0 Å². The van der Waals surface area contributed by atoms with Crippen molar-refractivity contribution in [2.45, 2.75) is 31.3 Å². The van der Waals surface area contributed by atoms with Crippen LogP contribution in [0.2, 0.25) is 0 Å². The first-order chi connectivity index (χ1) is 9.55. The monoisotopic (exact) mass is 328 g/mol. The molecular weight excluding hydrogens is 311 g/mol. The van der Waals surface area contributed by atoms with E-state index in [2.05, 4.69) is 4.52 Å². The average Bonchev–Trinajstić information content (AvgIpc) is 2.33. The molecule has 0 rings (SSSR count). The molecule has 0 aliphatic carbocycles. The van der Waals surface area contributed by atoms with Gasteiger partial charge in [-0.2, -0.15) is 0 Å². The molecule has 11 nitrogen and oxygen atoms in total. The molecule has 0 amide bonds. The third-order valence-electron chi connectivity index (χ3n) is 2.28. The number of nitrogens with two attached hydrogens (primary N) is 1. The summed E-state index contributed by atoms with van der Waals surface area (Å²) in [5, 5.41) is 27.5. The second-order valence-corrected chi connectivity index (χ2v) is 5.60. The summed E-state index contributed by atoms with van der Waals surface area (Å²) in [4.78, 5) is 41.0. The van der Waals surface area contributed by atoms with Crippen molar-refractivity contribution in [3.05, 3.63) is 0 Å². The molecule has 122 valence electrons. The van der Waals surface area contributed by atoms with Crippen LogP contribution in [0.15, 0.2) is 0 Å². The van der Waals surface area contributed by atoms with Crippen molar-refractivity contribution in [3.8, 4) is 0 Å². The Kier molecular flexibility index (Phi) is 8.07. The van der Waals surface area contributed by atoms with Crippen molar-refractivity contribution in [1.82, 2.24) is 5.09 Å². The standard InChI is InChI=1S/C9H17N2O9P/c10-5(8(14)15)3-4-20-21(18,19)11-6(9(16)17)1-2-7(12)13/h5-6H,1-4,10H2,(H,12,13)(H,14,15)(H,16,17)(H2,11,18,19)/t5-,6-/m0/s1. The van der Waals surface area contributed by atoms with Crippen LogP contribution in [0.4, 0.5) is 0 Å². The minimum Gasteiger partial charge on any atom is -0.481 e. The molecule has 0 aromatic carbocycles. The fraction of sp³-hybridized carbons (Fsp3) is 0.667. The first kappa shape index (κ1) is 19.5. The molecule has 0 heterocycles.